The molecule has 0 bridgehead atoms. The van der Waals surface area contributed by atoms with E-state index in [2.05, 4.69) is 10.6 Å². The van der Waals surface area contributed by atoms with Gasteiger partial charge in [-0.3, -0.25) is 9.59 Å². The largest absolute Gasteiger partial charge is 0.494 e. The number of hydrogen-bond donors (Lipinski definition) is 2. The summed E-state index contributed by atoms with van der Waals surface area (Å²) >= 11 is 0. The minimum absolute atomic E-state index is 0.0166. The fraction of sp³-hybridized carbons (Fsp3) is 0.333. The van der Waals surface area contributed by atoms with Gasteiger partial charge in [0.15, 0.2) is 0 Å². The van der Waals surface area contributed by atoms with E-state index in [-0.39, 0.29) is 18.4 Å². The minimum atomic E-state index is -0.172. The third-order valence-electron chi connectivity index (χ3n) is 4.31. The van der Waals surface area contributed by atoms with Gasteiger partial charge in [0.1, 0.15) is 5.75 Å². The van der Waals surface area contributed by atoms with Crippen molar-refractivity contribution < 1.29 is 19.1 Å². The standard InChI is InChI=1S/C21H25N3O4/c1-2-28-19-5-3-4-18(14-19)22-15-20(25)23-17-8-6-16(7-9-17)21(26)24-10-12-27-13-11-24/h3-9,14,22H,2,10-13,15H2,1H3,(H,23,25). The van der Waals surface area contributed by atoms with Gasteiger partial charge < -0.3 is 25.0 Å². The average Bonchev–Trinajstić information content (AvgIpc) is 2.73. The second kappa shape index (κ2) is 9.75. The molecule has 7 heteroatoms. The molecule has 2 N–H and O–H groups in total. The number of carbonyl (C=O) groups excluding carboxylic acids is 2. The first-order valence-electron chi connectivity index (χ1n) is 9.39. The Hall–Kier alpha value is -3.06. The van der Waals surface area contributed by atoms with Crippen molar-refractivity contribution in [2.45, 2.75) is 6.92 Å². The lowest BCUT2D eigenvalue weighted by molar-refractivity contribution is -0.114. The number of anilines is 2. The second-order valence-electron chi connectivity index (χ2n) is 6.34. The van der Waals surface area contributed by atoms with Crippen LogP contribution >= 0.6 is 0 Å². The molecule has 0 radical (unpaired) electrons. The summed E-state index contributed by atoms with van der Waals surface area (Å²) in [5, 5.41) is 5.89. The molecular formula is C21H25N3O4. The Morgan fingerprint density at radius 3 is 2.54 bits per heavy atom. The Labute approximate surface area is 164 Å². The molecule has 0 spiro atoms. The van der Waals surface area contributed by atoms with Gasteiger partial charge in [-0.25, -0.2) is 0 Å². The molecule has 0 aromatic heterocycles. The van der Waals surface area contributed by atoms with Crippen molar-refractivity contribution >= 4 is 23.2 Å². The van der Waals surface area contributed by atoms with E-state index in [4.69, 9.17) is 9.47 Å². The lowest BCUT2D eigenvalue weighted by Gasteiger charge is -2.26. The molecule has 3 rings (SSSR count). The molecule has 0 saturated carbocycles. The highest BCUT2D eigenvalue weighted by atomic mass is 16.5. The summed E-state index contributed by atoms with van der Waals surface area (Å²) in [5.41, 5.74) is 2.06. The number of hydrogen-bond acceptors (Lipinski definition) is 5. The first-order valence-corrected chi connectivity index (χ1v) is 9.39. The molecule has 7 nitrogen and oxygen atoms in total. The molecule has 1 aliphatic heterocycles. The molecule has 1 fully saturated rings. The molecular weight excluding hydrogens is 358 g/mol. The van der Waals surface area contributed by atoms with E-state index in [0.29, 0.717) is 44.2 Å². The summed E-state index contributed by atoms with van der Waals surface area (Å²) in [6.45, 7) is 4.99. The van der Waals surface area contributed by atoms with E-state index >= 15 is 0 Å². The molecule has 0 unspecified atom stereocenters. The van der Waals surface area contributed by atoms with Crippen LogP contribution in [-0.4, -0.2) is 56.2 Å². The highest BCUT2D eigenvalue weighted by Crippen LogP contribution is 2.17. The van der Waals surface area contributed by atoms with Crippen molar-refractivity contribution in [1.82, 2.24) is 4.90 Å². The van der Waals surface area contributed by atoms with E-state index in [0.717, 1.165) is 11.4 Å². The maximum absolute atomic E-state index is 12.4. The third-order valence-corrected chi connectivity index (χ3v) is 4.31. The van der Waals surface area contributed by atoms with Gasteiger partial charge in [0.2, 0.25) is 5.91 Å². The Kier molecular flexibility index (Phi) is 6.86. The normalized spacial score (nSPS) is 13.7. The predicted molar refractivity (Wildman–Crippen MR) is 108 cm³/mol. The molecule has 2 aromatic carbocycles. The van der Waals surface area contributed by atoms with Crippen LogP contribution in [0.2, 0.25) is 0 Å². The van der Waals surface area contributed by atoms with Gasteiger partial charge in [-0.2, -0.15) is 0 Å². The van der Waals surface area contributed by atoms with E-state index in [9.17, 15) is 9.59 Å². The van der Waals surface area contributed by atoms with Crippen LogP contribution in [0.25, 0.3) is 0 Å². The Morgan fingerprint density at radius 1 is 1.07 bits per heavy atom. The Bertz CT molecular complexity index is 802. The first-order chi connectivity index (χ1) is 13.7. The summed E-state index contributed by atoms with van der Waals surface area (Å²) < 4.78 is 10.7. The van der Waals surface area contributed by atoms with Crippen molar-refractivity contribution in [3.05, 3.63) is 54.1 Å². The van der Waals surface area contributed by atoms with Gasteiger partial charge in [0.25, 0.3) is 5.91 Å². The lowest BCUT2D eigenvalue weighted by Crippen LogP contribution is -2.40. The molecule has 148 valence electrons. The van der Waals surface area contributed by atoms with Crippen LogP contribution < -0.4 is 15.4 Å². The molecule has 0 aliphatic carbocycles. The highest BCUT2D eigenvalue weighted by Gasteiger charge is 2.18. The SMILES string of the molecule is CCOc1cccc(NCC(=O)Nc2ccc(C(=O)N3CCOCC3)cc2)c1. The quantitative estimate of drug-likeness (QED) is 0.768. The zero-order valence-electron chi connectivity index (χ0n) is 15.9. The van der Waals surface area contributed by atoms with Crippen molar-refractivity contribution in [2.75, 3.05) is 50.1 Å². The zero-order valence-corrected chi connectivity index (χ0v) is 15.9. The molecule has 1 saturated heterocycles. The first kappa shape index (κ1) is 19.7. The van der Waals surface area contributed by atoms with Gasteiger partial charge in [0.05, 0.1) is 26.4 Å². The monoisotopic (exact) mass is 383 g/mol. The number of ether oxygens (including phenoxy) is 2. The number of amides is 2. The van der Waals surface area contributed by atoms with Crippen LogP contribution in [0.15, 0.2) is 48.5 Å². The molecule has 2 amide bonds. The van der Waals surface area contributed by atoms with Crippen molar-refractivity contribution in [2.24, 2.45) is 0 Å². The van der Waals surface area contributed by atoms with Crippen LogP contribution in [0.1, 0.15) is 17.3 Å². The van der Waals surface area contributed by atoms with Crippen LogP contribution in [-0.2, 0) is 9.53 Å². The van der Waals surface area contributed by atoms with Gasteiger partial charge in [-0.15, -0.1) is 0 Å². The topological polar surface area (TPSA) is 79.9 Å². The predicted octanol–water partition coefficient (Wildman–Crippen LogP) is 2.61. The number of nitrogens with zero attached hydrogens (tertiary/aromatic N) is 1. The summed E-state index contributed by atoms with van der Waals surface area (Å²) in [7, 11) is 0. The fourth-order valence-corrected chi connectivity index (χ4v) is 2.90. The van der Waals surface area contributed by atoms with Gasteiger partial charge in [-0.1, -0.05) is 6.07 Å². The van der Waals surface area contributed by atoms with Crippen molar-refractivity contribution in [3.8, 4) is 5.75 Å². The number of carbonyl (C=O) groups is 2. The Morgan fingerprint density at radius 2 is 1.82 bits per heavy atom. The summed E-state index contributed by atoms with van der Waals surface area (Å²) in [6, 6.07) is 14.4. The number of rotatable bonds is 7. The van der Waals surface area contributed by atoms with Gasteiger partial charge >= 0.3 is 0 Å². The molecule has 0 atom stereocenters. The fourth-order valence-electron chi connectivity index (χ4n) is 2.90. The lowest BCUT2D eigenvalue weighted by atomic mass is 10.1. The van der Waals surface area contributed by atoms with E-state index in [1.54, 1.807) is 29.2 Å². The zero-order chi connectivity index (χ0) is 19.8. The number of nitrogens with one attached hydrogen (secondary N) is 2. The van der Waals surface area contributed by atoms with Crippen LogP contribution in [0, 0.1) is 0 Å². The maximum atomic E-state index is 12.4. The summed E-state index contributed by atoms with van der Waals surface area (Å²) in [5.74, 6) is 0.569. The molecule has 2 aromatic rings. The van der Waals surface area contributed by atoms with E-state index in [1.165, 1.54) is 0 Å². The van der Waals surface area contributed by atoms with Crippen LogP contribution in [0.5, 0.6) is 5.75 Å². The Balaban J connectivity index is 1.50. The number of morpholine rings is 1. The summed E-state index contributed by atoms with van der Waals surface area (Å²) in [4.78, 5) is 26.4. The van der Waals surface area contributed by atoms with Gasteiger partial charge in [-0.05, 0) is 43.3 Å². The molecule has 1 heterocycles. The smallest absolute Gasteiger partial charge is 0.254 e. The van der Waals surface area contributed by atoms with Crippen LogP contribution in [0.3, 0.4) is 0 Å². The van der Waals surface area contributed by atoms with Crippen molar-refractivity contribution in [3.63, 3.8) is 0 Å². The second-order valence-corrected chi connectivity index (χ2v) is 6.34. The molecule has 1 aliphatic rings. The van der Waals surface area contributed by atoms with E-state index in [1.807, 2.05) is 31.2 Å². The number of benzene rings is 2. The third kappa shape index (κ3) is 5.47. The van der Waals surface area contributed by atoms with E-state index < -0.39 is 0 Å². The van der Waals surface area contributed by atoms with Crippen LogP contribution in [0.4, 0.5) is 11.4 Å². The summed E-state index contributed by atoms with van der Waals surface area (Å²) in [6.07, 6.45) is 0. The van der Waals surface area contributed by atoms with Crippen molar-refractivity contribution in [1.29, 1.82) is 0 Å². The maximum Gasteiger partial charge on any atom is 0.254 e. The van der Waals surface area contributed by atoms with Gasteiger partial charge in [0, 0.05) is 36.1 Å². The molecule has 28 heavy (non-hydrogen) atoms. The average molecular weight is 383 g/mol. The minimum Gasteiger partial charge on any atom is -0.494 e. The highest BCUT2D eigenvalue weighted by molar-refractivity contribution is 5.96.